The SMILES string of the molecule is O=S1(=O)CCCC(NCC(c2ccco2)N2CCCC2)C1. The lowest BCUT2D eigenvalue weighted by molar-refractivity contribution is 0.204. The molecule has 0 spiro atoms. The van der Waals surface area contributed by atoms with Crippen LogP contribution in [0.25, 0.3) is 0 Å². The molecule has 5 nitrogen and oxygen atoms in total. The van der Waals surface area contributed by atoms with Crippen molar-refractivity contribution < 1.29 is 12.8 Å². The van der Waals surface area contributed by atoms with Gasteiger partial charge in [-0.2, -0.15) is 0 Å². The van der Waals surface area contributed by atoms with Crippen LogP contribution in [-0.4, -0.2) is 50.5 Å². The Hall–Kier alpha value is -0.850. The van der Waals surface area contributed by atoms with Gasteiger partial charge in [-0.25, -0.2) is 8.42 Å². The standard InChI is InChI=1S/C15H24N2O3S/c18-21(19)10-4-5-13(12-21)16-11-14(15-6-3-9-20-15)17-7-1-2-8-17/h3,6,9,13-14,16H,1-2,4-5,7-8,10-12H2. The van der Waals surface area contributed by atoms with Crippen molar-refractivity contribution in [2.75, 3.05) is 31.1 Å². The zero-order valence-electron chi connectivity index (χ0n) is 12.3. The van der Waals surface area contributed by atoms with E-state index >= 15 is 0 Å². The number of nitrogens with one attached hydrogen (secondary N) is 1. The Morgan fingerprint density at radius 3 is 2.81 bits per heavy atom. The molecule has 0 amide bonds. The summed E-state index contributed by atoms with van der Waals surface area (Å²) in [5, 5.41) is 3.46. The lowest BCUT2D eigenvalue weighted by Gasteiger charge is -2.29. The Morgan fingerprint density at radius 2 is 2.14 bits per heavy atom. The van der Waals surface area contributed by atoms with Gasteiger partial charge in [-0.1, -0.05) is 0 Å². The molecule has 6 heteroatoms. The normalized spacial score (nSPS) is 27.7. The lowest BCUT2D eigenvalue weighted by atomic mass is 10.1. The van der Waals surface area contributed by atoms with Crippen LogP contribution in [0.3, 0.4) is 0 Å². The smallest absolute Gasteiger partial charge is 0.151 e. The van der Waals surface area contributed by atoms with Crippen LogP contribution in [0.5, 0.6) is 0 Å². The first-order valence-corrected chi connectivity index (χ1v) is 9.67. The molecule has 2 fully saturated rings. The third kappa shape index (κ3) is 3.87. The van der Waals surface area contributed by atoms with Gasteiger partial charge < -0.3 is 9.73 Å². The number of nitrogens with zero attached hydrogens (tertiary/aromatic N) is 1. The summed E-state index contributed by atoms with van der Waals surface area (Å²) in [6, 6.07) is 4.24. The summed E-state index contributed by atoms with van der Waals surface area (Å²) in [5.41, 5.74) is 0. The molecule has 0 bridgehead atoms. The fourth-order valence-corrected chi connectivity index (χ4v) is 5.08. The summed E-state index contributed by atoms with van der Waals surface area (Å²) >= 11 is 0. The average molecular weight is 312 g/mol. The van der Waals surface area contributed by atoms with Crippen LogP contribution >= 0.6 is 0 Å². The Morgan fingerprint density at radius 1 is 1.33 bits per heavy atom. The van der Waals surface area contributed by atoms with Crippen LogP contribution in [0, 0.1) is 0 Å². The number of rotatable bonds is 5. The predicted octanol–water partition coefficient (Wildman–Crippen LogP) is 1.58. The molecule has 1 aromatic rings. The van der Waals surface area contributed by atoms with E-state index < -0.39 is 9.84 Å². The number of sulfone groups is 1. The fourth-order valence-electron chi connectivity index (χ4n) is 3.41. The number of hydrogen-bond acceptors (Lipinski definition) is 5. The van der Waals surface area contributed by atoms with Crippen LogP contribution in [-0.2, 0) is 9.84 Å². The second-order valence-corrected chi connectivity index (χ2v) is 8.36. The zero-order valence-corrected chi connectivity index (χ0v) is 13.1. The van der Waals surface area contributed by atoms with Crippen molar-refractivity contribution in [3.05, 3.63) is 24.2 Å². The third-order valence-corrected chi connectivity index (χ3v) is 6.34. The van der Waals surface area contributed by atoms with E-state index in [1.165, 1.54) is 12.8 Å². The van der Waals surface area contributed by atoms with Gasteiger partial charge in [-0.15, -0.1) is 0 Å². The van der Waals surface area contributed by atoms with Crippen molar-refractivity contribution in [2.45, 2.75) is 37.8 Å². The Kier molecular flexibility index (Phi) is 4.66. The summed E-state index contributed by atoms with van der Waals surface area (Å²) in [7, 11) is -2.85. The highest BCUT2D eigenvalue weighted by molar-refractivity contribution is 7.91. The van der Waals surface area contributed by atoms with Crippen molar-refractivity contribution in [1.82, 2.24) is 10.2 Å². The van der Waals surface area contributed by atoms with Gasteiger partial charge in [0.25, 0.3) is 0 Å². The van der Waals surface area contributed by atoms with Gasteiger partial charge in [0.15, 0.2) is 9.84 Å². The molecule has 2 atom stereocenters. The van der Waals surface area contributed by atoms with E-state index in [0.717, 1.165) is 38.2 Å². The first-order valence-electron chi connectivity index (χ1n) is 7.85. The summed E-state index contributed by atoms with van der Waals surface area (Å²) in [6.07, 6.45) is 5.90. The molecule has 118 valence electrons. The topological polar surface area (TPSA) is 62.6 Å². The van der Waals surface area contributed by atoms with E-state index in [2.05, 4.69) is 10.2 Å². The third-order valence-electron chi connectivity index (χ3n) is 4.52. The first-order chi connectivity index (χ1) is 10.1. The van der Waals surface area contributed by atoms with Crippen molar-refractivity contribution in [2.24, 2.45) is 0 Å². The van der Waals surface area contributed by atoms with Gasteiger partial charge >= 0.3 is 0 Å². The highest BCUT2D eigenvalue weighted by atomic mass is 32.2. The fraction of sp³-hybridized carbons (Fsp3) is 0.733. The molecule has 2 aliphatic rings. The summed E-state index contributed by atoms with van der Waals surface area (Å²) in [6.45, 7) is 2.94. The average Bonchev–Trinajstić information content (AvgIpc) is 3.11. The molecular formula is C15H24N2O3S. The second kappa shape index (κ2) is 6.50. The molecule has 21 heavy (non-hydrogen) atoms. The minimum atomic E-state index is -2.85. The van der Waals surface area contributed by atoms with Crippen LogP contribution in [0.4, 0.5) is 0 Å². The highest BCUT2D eigenvalue weighted by Crippen LogP contribution is 2.25. The van der Waals surface area contributed by atoms with E-state index in [1.54, 1.807) is 6.26 Å². The maximum absolute atomic E-state index is 11.7. The van der Waals surface area contributed by atoms with Crippen LogP contribution in [0.2, 0.25) is 0 Å². The van der Waals surface area contributed by atoms with Crippen LogP contribution in [0.15, 0.2) is 22.8 Å². The Bertz CT molecular complexity index is 535. The van der Waals surface area contributed by atoms with Gasteiger partial charge in [0.1, 0.15) is 5.76 Å². The molecule has 0 saturated carbocycles. The van der Waals surface area contributed by atoms with E-state index in [4.69, 9.17) is 4.42 Å². The molecule has 1 N–H and O–H groups in total. The van der Waals surface area contributed by atoms with E-state index in [0.29, 0.717) is 5.75 Å². The van der Waals surface area contributed by atoms with E-state index in [1.807, 2.05) is 12.1 Å². The molecule has 0 radical (unpaired) electrons. The minimum absolute atomic E-state index is 0.0869. The van der Waals surface area contributed by atoms with Crippen LogP contribution < -0.4 is 5.32 Å². The molecule has 2 unspecified atom stereocenters. The van der Waals surface area contributed by atoms with Gasteiger partial charge in [0, 0.05) is 12.6 Å². The molecule has 2 aliphatic heterocycles. The number of hydrogen-bond donors (Lipinski definition) is 1. The molecule has 3 heterocycles. The Balaban J connectivity index is 1.62. The first kappa shape index (κ1) is 15.1. The molecule has 3 rings (SSSR count). The molecular weight excluding hydrogens is 288 g/mol. The largest absolute Gasteiger partial charge is 0.468 e. The zero-order chi connectivity index (χ0) is 14.7. The predicted molar refractivity (Wildman–Crippen MR) is 81.9 cm³/mol. The summed E-state index contributed by atoms with van der Waals surface area (Å²) < 4.78 is 29.0. The molecule has 0 aromatic carbocycles. The van der Waals surface area contributed by atoms with E-state index in [-0.39, 0.29) is 17.8 Å². The second-order valence-electron chi connectivity index (χ2n) is 6.14. The van der Waals surface area contributed by atoms with Crippen molar-refractivity contribution in [3.63, 3.8) is 0 Å². The lowest BCUT2D eigenvalue weighted by Crippen LogP contribution is -2.44. The molecule has 2 saturated heterocycles. The Labute approximate surface area is 126 Å². The summed E-state index contributed by atoms with van der Waals surface area (Å²) in [4.78, 5) is 2.43. The maximum Gasteiger partial charge on any atom is 0.151 e. The van der Waals surface area contributed by atoms with Crippen molar-refractivity contribution in [3.8, 4) is 0 Å². The number of likely N-dealkylation sites (tertiary alicyclic amines) is 1. The monoisotopic (exact) mass is 312 g/mol. The van der Waals surface area contributed by atoms with Gasteiger partial charge in [0.2, 0.25) is 0 Å². The van der Waals surface area contributed by atoms with Crippen LogP contribution in [0.1, 0.15) is 37.5 Å². The number of furan rings is 1. The van der Waals surface area contributed by atoms with Crippen molar-refractivity contribution in [1.29, 1.82) is 0 Å². The van der Waals surface area contributed by atoms with Gasteiger partial charge in [-0.05, 0) is 50.9 Å². The molecule has 1 aromatic heterocycles. The highest BCUT2D eigenvalue weighted by Gasteiger charge is 2.29. The summed E-state index contributed by atoms with van der Waals surface area (Å²) in [5.74, 6) is 1.60. The van der Waals surface area contributed by atoms with Gasteiger partial charge in [-0.3, -0.25) is 4.90 Å². The molecule has 0 aliphatic carbocycles. The minimum Gasteiger partial charge on any atom is -0.468 e. The van der Waals surface area contributed by atoms with Gasteiger partial charge in [0.05, 0.1) is 23.8 Å². The quantitative estimate of drug-likeness (QED) is 0.894. The maximum atomic E-state index is 11.7. The van der Waals surface area contributed by atoms with E-state index in [9.17, 15) is 8.42 Å². The van der Waals surface area contributed by atoms with Crippen molar-refractivity contribution >= 4 is 9.84 Å².